The topological polar surface area (TPSA) is 0 Å². The summed E-state index contributed by atoms with van der Waals surface area (Å²) in [6.45, 7) is 14.7. The van der Waals surface area contributed by atoms with Crippen molar-refractivity contribution < 1.29 is 0 Å². The largest absolute Gasteiger partial charge is 0.138 e. The highest BCUT2D eigenvalue weighted by Crippen LogP contribution is 2.58. The number of halogens is 1. The molecule has 108 valence electrons. The van der Waals surface area contributed by atoms with Gasteiger partial charge in [0.1, 0.15) is 5.57 Å². The molecule has 0 saturated carbocycles. The van der Waals surface area contributed by atoms with Gasteiger partial charge in [-0.1, -0.05) is 90.8 Å². The van der Waals surface area contributed by atoms with E-state index in [1.807, 2.05) is 0 Å². The number of hydrogen-bond donors (Lipinski definition) is 0. The second-order valence-corrected chi connectivity index (χ2v) is 17.1. The lowest BCUT2D eigenvalue weighted by molar-refractivity contribution is 0.465. The summed E-state index contributed by atoms with van der Waals surface area (Å²) in [7, 11) is 0. The van der Waals surface area contributed by atoms with Gasteiger partial charge in [-0.25, -0.2) is 0 Å². The molecule has 1 rings (SSSR count). The van der Waals surface area contributed by atoms with E-state index in [0.29, 0.717) is 10.1 Å². The second kappa shape index (κ2) is 6.29. The maximum absolute atomic E-state index is 2.88. The van der Waals surface area contributed by atoms with Crippen LogP contribution in [0.4, 0.5) is 0 Å². The molecular weight excluding hydrogens is 359 g/mol. The van der Waals surface area contributed by atoms with E-state index in [2.05, 4.69) is 93.3 Å². The molecule has 0 spiro atoms. The van der Waals surface area contributed by atoms with E-state index in [9.17, 15) is 0 Å². The molecule has 0 aliphatic heterocycles. The van der Waals surface area contributed by atoms with E-state index in [1.165, 1.54) is 24.8 Å². The number of benzene rings is 1. The summed E-state index contributed by atoms with van der Waals surface area (Å²) in [6.07, 6.45) is 3.92. The van der Waals surface area contributed by atoms with Gasteiger partial charge in [-0.05, 0) is 15.6 Å². The minimum atomic E-state index is -1.48. The van der Waals surface area contributed by atoms with E-state index >= 15 is 0 Å². The summed E-state index contributed by atoms with van der Waals surface area (Å²) in [6, 6.07) is 11.1. The monoisotopic (exact) mass is 388 g/mol. The lowest BCUT2D eigenvalue weighted by Crippen LogP contribution is -2.54. The first-order valence-electron chi connectivity index (χ1n) is 7.53. The van der Waals surface area contributed by atoms with Gasteiger partial charge in [0.15, 0.2) is 0 Å². The van der Waals surface area contributed by atoms with Gasteiger partial charge in [-0.3, -0.25) is 0 Å². The second-order valence-electron chi connectivity index (χ2n) is 6.33. The molecule has 0 fully saturated rings. The van der Waals surface area contributed by atoms with Gasteiger partial charge in [0.2, 0.25) is 0 Å². The fourth-order valence-electron chi connectivity index (χ4n) is 3.53. The Morgan fingerprint density at radius 1 is 0.947 bits per heavy atom. The third-order valence-electron chi connectivity index (χ3n) is 5.70. The van der Waals surface area contributed by atoms with E-state index in [4.69, 9.17) is 0 Å². The fraction of sp³-hybridized carbons (Fsp3) is 0.647. The third-order valence-corrected chi connectivity index (χ3v) is 18.9. The van der Waals surface area contributed by atoms with E-state index in [0.717, 1.165) is 0 Å². The molecule has 0 aliphatic carbocycles. The van der Waals surface area contributed by atoms with Gasteiger partial charge < -0.3 is 0 Å². The molecule has 0 N–H and O–H groups in total. The van der Waals surface area contributed by atoms with Gasteiger partial charge in [-0.15, -0.1) is 21.8 Å². The van der Waals surface area contributed by atoms with Crippen molar-refractivity contribution in [3.63, 3.8) is 0 Å². The van der Waals surface area contributed by atoms with Crippen LogP contribution in [0.2, 0.25) is 11.6 Å². The Morgan fingerprint density at radius 2 is 1.37 bits per heavy atom. The molecule has 1 aromatic carbocycles. The lowest BCUT2D eigenvalue weighted by Gasteiger charge is -2.52. The van der Waals surface area contributed by atoms with Crippen molar-refractivity contribution in [1.29, 1.82) is 0 Å². The predicted molar refractivity (Wildman–Crippen MR) is 98.7 cm³/mol. The summed E-state index contributed by atoms with van der Waals surface area (Å²) in [4.78, 5) is 0. The minimum Gasteiger partial charge on any atom is -0.117 e. The van der Waals surface area contributed by atoms with E-state index < -0.39 is 5.57 Å². The number of rotatable bonds is 6. The third kappa shape index (κ3) is 2.80. The summed E-state index contributed by atoms with van der Waals surface area (Å²) in [5.41, 5.74) is 0.0308. The minimum absolute atomic E-state index is 0.302. The van der Waals surface area contributed by atoms with Crippen LogP contribution in [-0.2, 0) is 5.04 Å². The standard InChI is InChI=1S/C17H29ISi/c1-7-17(8-2,9-3)19(6,18)16(4,5)15-13-11-10-12-14-15/h10-14H,7-9H2,1-6H3. The van der Waals surface area contributed by atoms with Crippen LogP contribution in [0.3, 0.4) is 0 Å². The molecule has 19 heavy (non-hydrogen) atoms. The fourth-order valence-corrected chi connectivity index (χ4v) is 11.9. The first-order chi connectivity index (χ1) is 8.79. The number of hydrogen-bond acceptors (Lipinski definition) is 0. The average molecular weight is 388 g/mol. The Hall–Kier alpha value is 0.167. The smallest absolute Gasteiger partial charge is 0.117 e. The lowest BCUT2D eigenvalue weighted by atomic mass is 9.98. The van der Waals surface area contributed by atoms with Gasteiger partial charge in [0, 0.05) is 0 Å². The van der Waals surface area contributed by atoms with Crippen LogP contribution in [-0.4, -0.2) is 5.57 Å². The van der Waals surface area contributed by atoms with Crippen molar-refractivity contribution in [3.8, 4) is 0 Å². The first-order valence-corrected chi connectivity index (χ1v) is 13.1. The molecule has 2 heteroatoms. The Morgan fingerprint density at radius 3 is 1.74 bits per heavy atom. The highest BCUT2D eigenvalue weighted by Gasteiger charge is 2.54. The molecule has 0 radical (unpaired) electrons. The Balaban J connectivity index is 3.31. The van der Waals surface area contributed by atoms with E-state index in [-0.39, 0.29) is 0 Å². The average Bonchev–Trinajstić information content (AvgIpc) is 2.42. The van der Waals surface area contributed by atoms with E-state index in [1.54, 1.807) is 0 Å². The molecule has 0 nitrogen and oxygen atoms in total. The SMILES string of the molecule is CCC(CC)(CC)[Si](C)(I)C(C)(C)c1ccccc1. The van der Waals surface area contributed by atoms with Gasteiger partial charge >= 0.3 is 0 Å². The van der Waals surface area contributed by atoms with Crippen molar-refractivity contribution >= 4 is 27.4 Å². The van der Waals surface area contributed by atoms with Crippen molar-refractivity contribution in [2.45, 2.75) is 70.5 Å². The van der Waals surface area contributed by atoms with Crippen LogP contribution in [0.5, 0.6) is 0 Å². The van der Waals surface area contributed by atoms with Gasteiger partial charge in [-0.2, -0.15) is 0 Å². The van der Waals surface area contributed by atoms with Crippen LogP contribution >= 0.6 is 21.8 Å². The molecule has 0 aliphatic rings. The van der Waals surface area contributed by atoms with Crippen LogP contribution in [0, 0.1) is 0 Å². The zero-order valence-electron chi connectivity index (χ0n) is 13.4. The Kier molecular flexibility index (Phi) is 5.70. The summed E-state index contributed by atoms with van der Waals surface area (Å²) in [5, 5.41) is 0.837. The molecule has 0 saturated heterocycles. The van der Waals surface area contributed by atoms with Crippen LogP contribution in [0.15, 0.2) is 30.3 Å². The molecule has 0 bridgehead atoms. The highest BCUT2D eigenvalue weighted by molar-refractivity contribution is 14.1. The summed E-state index contributed by atoms with van der Waals surface area (Å²) >= 11 is 2.88. The maximum Gasteiger partial charge on any atom is 0.138 e. The quantitative estimate of drug-likeness (QED) is 0.297. The molecule has 1 aromatic rings. The normalized spacial score (nSPS) is 16.2. The van der Waals surface area contributed by atoms with Gasteiger partial charge in [0.25, 0.3) is 0 Å². The van der Waals surface area contributed by atoms with Crippen molar-refractivity contribution in [2.75, 3.05) is 0 Å². The molecule has 1 atom stereocenters. The van der Waals surface area contributed by atoms with Crippen LogP contribution in [0.25, 0.3) is 0 Å². The van der Waals surface area contributed by atoms with Crippen LogP contribution in [0.1, 0.15) is 59.4 Å². The highest BCUT2D eigenvalue weighted by atomic mass is 127. The Bertz CT molecular complexity index is 383. The zero-order valence-corrected chi connectivity index (χ0v) is 16.5. The van der Waals surface area contributed by atoms with Gasteiger partial charge in [0.05, 0.1) is 0 Å². The van der Waals surface area contributed by atoms with Crippen LogP contribution < -0.4 is 0 Å². The predicted octanol–water partition coefficient (Wildman–Crippen LogP) is 6.48. The summed E-state index contributed by atoms with van der Waals surface area (Å²) < 4.78 is 0. The maximum atomic E-state index is 2.88. The van der Waals surface area contributed by atoms with Crippen molar-refractivity contribution in [1.82, 2.24) is 0 Å². The Labute approximate surface area is 133 Å². The molecular formula is C17H29ISi. The summed E-state index contributed by atoms with van der Waals surface area (Å²) in [5.74, 6) is 0. The zero-order chi connectivity index (χ0) is 14.7. The van der Waals surface area contributed by atoms with Crippen molar-refractivity contribution in [3.05, 3.63) is 35.9 Å². The molecule has 0 amide bonds. The van der Waals surface area contributed by atoms with Crippen molar-refractivity contribution in [2.24, 2.45) is 0 Å². The first kappa shape index (κ1) is 17.2. The molecule has 0 heterocycles. The molecule has 1 unspecified atom stereocenters. The molecule has 0 aromatic heterocycles.